The molecule has 1 aromatic carbocycles. The van der Waals surface area contributed by atoms with Crippen LogP contribution in [0.25, 0.3) is 0 Å². The lowest BCUT2D eigenvalue weighted by molar-refractivity contribution is -0.141. The molecular formula is C12H14BrClN2O3. The van der Waals surface area contributed by atoms with E-state index in [-0.39, 0.29) is 6.54 Å². The summed E-state index contributed by atoms with van der Waals surface area (Å²) in [5, 5.41) is 14.5. The minimum absolute atomic E-state index is 0.0897. The molecule has 0 aliphatic heterocycles. The van der Waals surface area contributed by atoms with E-state index in [0.29, 0.717) is 21.6 Å². The summed E-state index contributed by atoms with van der Waals surface area (Å²) in [7, 11) is 0. The van der Waals surface area contributed by atoms with Crippen LogP contribution in [0.5, 0.6) is 0 Å². The van der Waals surface area contributed by atoms with Crippen LogP contribution in [0.1, 0.15) is 13.3 Å². The van der Waals surface area contributed by atoms with Crippen LogP contribution in [-0.4, -0.2) is 23.7 Å². The number of halogens is 2. The van der Waals surface area contributed by atoms with E-state index in [4.69, 9.17) is 16.7 Å². The van der Waals surface area contributed by atoms with Gasteiger partial charge in [-0.15, -0.1) is 0 Å². The summed E-state index contributed by atoms with van der Waals surface area (Å²) >= 11 is 9.08. The molecule has 1 rings (SSSR count). The number of carbonyl (C=O) groups is 2. The molecule has 0 aliphatic rings. The van der Waals surface area contributed by atoms with Gasteiger partial charge in [0.05, 0.1) is 10.9 Å². The summed E-state index contributed by atoms with van der Waals surface area (Å²) in [6, 6.07) is 4.51. The third-order valence-corrected chi connectivity index (χ3v) is 3.74. The van der Waals surface area contributed by atoms with Crippen molar-refractivity contribution < 1.29 is 14.7 Å². The lowest BCUT2D eigenvalue weighted by atomic mass is 10.1. The Balaban J connectivity index is 2.51. The first-order valence-electron chi connectivity index (χ1n) is 5.66. The third kappa shape index (κ3) is 5.08. The van der Waals surface area contributed by atoms with E-state index in [1.54, 1.807) is 25.1 Å². The number of hydrogen-bond donors (Lipinski definition) is 3. The molecule has 1 unspecified atom stereocenters. The zero-order chi connectivity index (χ0) is 14.4. The molecule has 5 nitrogen and oxygen atoms in total. The molecule has 0 heterocycles. The number of rotatable bonds is 5. The first-order valence-corrected chi connectivity index (χ1v) is 6.83. The van der Waals surface area contributed by atoms with Crippen LogP contribution in [0, 0.1) is 5.92 Å². The van der Waals surface area contributed by atoms with Crippen molar-refractivity contribution in [1.82, 2.24) is 5.32 Å². The minimum Gasteiger partial charge on any atom is -0.481 e. The molecule has 0 aromatic heterocycles. The maximum atomic E-state index is 11.6. The second-order valence-electron chi connectivity index (χ2n) is 3.91. The van der Waals surface area contributed by atoms with Gasteiger partial charge in [0.15, 0.2) is 0 Å². The SMILES string of the molecule is CCC(CNC(=O)Nc1ccc(Cl)c(Br)c1)C(=O)O. The fraction of sp³-hybridized carbons (Fsp3) is 0.333. The van der Waals surface area contributed by atoms with Gasteiger partial charge in [-0.05, 0) is 40.5 Å². The molecule has 1 atom stereocenters. The second kappa shape index (κ2) is 7.35. The summed E-state index contributed by atoms with van der Waals surface area (Å²) in [5.74, 6) is -1.50. The normalized spacial score (nSPS) is 11.7. The van der Waals surface area contributed by atoms with Gasteiger partial charge in [-0.2, -0.15) is 0 Å². The monoisotopic (exact) mass is 348 g/mol. The van der Waals surface area contributed by atoms with Gasteiger partial charge in [0.2, 0.25) is 0 Å². The van der Waals surface area contributed by atoms with E-state index in [2.05, 4.69) is 26.6 Å². The number of hydrogen-bond acceptors (Lipinski definition) is 2. The van der Waals surface area contributed by atoms with Crippen molar-refractivity contribution in [3.05, 3.63) is 27.7 Å². The van der Waals surface area contributed by atoms with Crippen LogP contribution in [0.15, 0.2) is 22.7 Å². The topological polar surface area (TPSA) is 78.4 Å². The number of aliphatic carboxylic acids is 1. The molecule has 0 fully saturated rings. The largest absolute Gasteiger partial charge is 0.481 e. The highest BCUT2D eigenvalue weighted by Crippen LogP contribution is 2.25. The molecule has 0 aliphatic carbocycles. The zero-order valence-electron chi connectivity index (χ0n) is 10.2. The number of carboxylic acid groups (broad SMARTS) is 1. The van der Waals surface area contributed by atoms with Crippen molar-refractivity contribution >= 4 is 45.2 Å². The summed E-state index contributed by atoms with van der Waals surface area (Å²) in [4.78, 5) is 22.4. The predicted molar refractivity (Wildman–Crippen MR) is 77.6 cm³/mol. The van der Waals surface area contributed by atoms with Crippen molar-refractivity contribution in [2.75, 3.05) is 11.9 Å². The van der Waals surface area contributed by atoms with Crippen LogP contribution in [0.2, 0.25) is 5.02 Å². The Labute approximate surface area is 124 Å². The molecule has 1 aromatic rings. The maximum Gasteiger partial charge on any atom is 0.319 e. The first-order chi connectivity index (χ1) is 8.93. The molecule has 0 spiro atoms. The lowest BCUT2D eigenvalue weighted by Crippen LogP contribution is -2.35. The number of carbonyl (C=O) groups excluding carboxylic acids is 1. The van der Waals surface area contributed by atoms with Crippen LogP contribution in [-0.2, 0) is 4.79 Å². The van der Waals surface area contributed by atoms with Crippen molar-refractivity contribution in [2.24, 2.45) is 5.92 Å². The highest BCUT2D eigenvalue weighted by atomic mass is 79.9. The Morgan fingerprint density at radius 1 is 1.47 bits per heavy atom. The van der Waals surface area contributed by atoms with Gasteiger partial charge < -0.3 is 15.7 Å². The number of anilines is 1. The smallest absolute Gasteiger partial charge is 0.319 e. The molecule has 3 N–H and O–H groups in total. The molecule has 0 saturated carbocycles. The number of benzene rings is 1. The summed E-state index contributed by atoms with van der Waals surface area (Å²) in [6.45, 7) is 1.85. The maximum absolute atomic E-state index is 11.6. The zero-order valence-corrected chi connectivity index (χ0v) is 12.6. The lowest BCUT2D eigenvalue weighted by Gasteiger charge is -2.12. The average Bonchev–Trinajstić information content (AvgIpc) is 2.34. The van der Waals surface area contributed by atoms with Crippen molar-refractivity contribution in [3.8, 4) is 0 Å². The highest BCUT2D eigenvalue weighted by molar-refractivity contribution is 9.10. The molecule has 104 valence electrons. The van der Waals surface area contributed by atoms with Gasteiger partial charge in [-0.1, -0.05) is 18.5 Å². The number of urea groups is 1. The van der Waals surface area contributed by atoms with Crippen LogP contribution in [0.4, 0.5) is 10.5 Å². The quantitative estimate of drug-likeness (QED) is 0.763. The summed E-state index contributed by atoms with van der Waals surface area (Å²) in [5.41, 5.74) is 0.567. The Bertz CT molecular complexity index is 482. The van der Waals surface area contributed by atoms with E-state index < -0.39 is 17.9 Å². The molecule has 0 radical (unpaired) electrons. The Kier molecular flexibility index (Phi) is 6.11. The summed E-state index contributed by atoms with van der Waals surface area (Å²) < 4.78 is 0.670. The fourth-order valence-corrected chi connectivity index (χ4v) is 1.87. The van der Waals surface area contributed by atoms with Gasteiger partial charge in [0.25, 0.3) is 0 Å². The fourth-order valence-electron chi connectivity index (χ4n) is 1.37. The van der Waals surface area contributed by atoms with E-state index >= 15 is 0 Å². The molecular weight excluding hydrogens is 336 g/mol. The minimum atomic E-state index is -0.919. The molecule has 19 heavy (non-hydrogen) atoms. The van der Waals surface area contributed by atoms with E-state index in [9.17, 15) is 9.59 Å². The standard InChI is InChI=1S/C12H14BrClN2O3/c1-2-7(11(17)18)6-15-12(19)16-8-3-4-10(14)9(13)5-8/h3-5,7H,2,6H2,1H3,(H,17,18)(H2,15,16,19). The predicted octanol–water partition coefficient (Wildman–Crippen LogP) is 3.33. The molecule has 0 bridgehead atoms. The summed E-state index contributed by atoms with van der Waals surface area (Å²) in [6.07, 6.45) is 0.460. The number of nitrogens with one attached hydrogen (secondary N) is 2. The van der Waals surface area contributed by atoms with E-state index in [1.807, 2.05) is 0 Å². The van der Waals surface area contributed by atoms with Gasteiger partial charge in [0, 0.05) is 16.7 Å². The molecule has 7 heteroatoms. The van der Waals surface area contributed by atoms with E-state index in [0.717, 1.165) is 0 Å². The Morgan fingerprint density at radius 3 is 2.68 bits per heavy atom. The van der Waals surface area contributed by atoms with Crippen molar-refractivity contribution in [1.29, 1.82) is 0 Å². The van der Waals surface area contributed by atoms with Crippen LogP contribution in [0.3, 0.4) is 0 Å². The Hall–Kier alpha value is -1.27. The molecule has 2 amide bonds. The van der Waals surface area contributed by atoms with Crippen molar-refractivity contribution in [3.63, 3.8) is 0 Å². The highest BCUT2D eigenvalue weighted by Gasteiger charge is 2.15. The number of carboxylic acids is 1. The van der Waals surface area contributed by atoms with Gasteiger partial charge in [-0.25, -0.2) is 4.79 Å². The second-order valence-corrected chi connectivity index (χ2v) is 5.17. The number of amides is 2. The first kappa shape index (κ1) is 15.8. The molecule has 0 saturated heterocycles. The van der Waals surface area contributed by atoms with Gasteiger partial charge in [0.1, 0.15) is 0 Å². The van der Waals surface area contributed by atoms with Crippen molar-refractivity contribution in [2.45, 2.75) is 13.3 Å². The third-order valence-electron chi connectivity index (χ3n) is 2.53. The van der Waals surface area contributed by atoms with Crippen LogP contribution >= 0.6 is 27.5 Å². The average molecular weight is 350 g/mol. The Morgan fingerprint density at radius 2 is 2.16 bits per heavy atom. The van der Waals surface area contributed by atoms with Gasteiger partial charge >= 0.3 is 12.0 Å². The van der Waals surface area contributed by atoms with E-state index in [1.165, 1.54) is 0 Å². The van der Waals surface area contributed by atoms with Crippen LogP contribution < -0.4 is 10.6 Å². The van der Waals surface area contributed by atoms with Gasteiger partial charge in [-0.3, -0.25) is 4.79 Å².